The number of rotatable bonds is 5. The van der Waals surface area contributed by atoms with E-state index in [4.69, 9.17) is 0 Å². The fourth-order valence-electron chi connectivity index (χ4n) is 2.65. The van der Waals surface area contributed by atoms with Crippen molar-refractivity contribution in [2.24, 2.45) is 5.92 Å². The second-order valence-corrected chi connectivity index (χ2v) is 5.06. The van der Waals surface area contributed by atoms with Crippen LogP contribution in [0.3, 0.4) is 0 Å². The van der Waals surface area contributed by atoms with Crippen LogP contribution in [-0.4, -0.2) is 19.6 Å². The molecule has 0 aromatic heterocycles. The van der Waals surface area contributed by atoms with Crippen molar-refractivity contribution in [3.8, 4) is 0 Å². The summed E-state index contributed by atoms with van der Waals surface area (Å²) >= 11 is 0. The number of hydrogen-bond acceptors (Lipinski definition) is 2. The lowest BCUT2D eigenvalue weighted by molar-refractivity contribution is 0.568. The van der Waals surface area contributed by atoms with Crippen molar-refractivity contribution in [3.05, 3.63) is 29.6 Å². The third kappa shape index (κ3) is 3.02. The Bertz CT molecular complexity index is 392. The molecule has 0 amide bonds. The Balaban J connectivity index is 2.16. The van der Waals surface area contributed by atoms with Crippen LogP contribution < -0.4 is 10.2 Å². The average molecular weight is 250 g/mol. The van der Waals surface area contributed by atoms with Crippen LogP contribution in [0, 0.1) is 11.7 Å². The molecular weight excluding hydrogens is 227 g/mol. The first-order valence-electron chi connectivity index (χ1n) is 6.98. The van der Waals surface area contributed by atoms with Gasteiger partial charge in [-0.05, 0) is 42.6 Å². The molecular formula is C15H23FN2. The topological polar surface area (TPSA) is 15.3 Å². The van der Waals surface area contributed by atoms with Crippen molar-refractivity contribution in [1.82, 2.24) is 5.32 Å². The first-order valence-corrected chi connectivity index (χ1v) is 6.98. The predicted molar refractivity (Wildman–Crippen MR) is 74.4 cm³/mol. The number of benzene rings is 1. The quantitative estimate of drug-likeness (QED) is 0.863. The lowest BCUT2D eigenvalue weighted by Gasteiger charge is -2.22. The van der Waals surface area contributed by atoms with Crippen LogP contribution in [0.4, 0.5) is 10.1 Å². The molecule has 100 valence electrons. The Morgan fingerprint density at radius 2 is 2.22 bits per heavy atom. The Labute approximate surface area is 109 Å². The molecule has 1 aliphatic heterocycles. The van der Waals surface area contributed by atoms with Crippen LogP contribution in [-0.2, 0) is 6.54 Å². The van der Waals surface area contributed by atoms with E-state index in [1.54, 1.807) is 12.1 Å². The molecule has 0 bridgehead atoms. The zero-order valence-electron chi connectivity index (χ0n) is 11.4. The molecule has 0 aliphatic carbocycles. The van der Waals surface area contributed by atoms with Crippen molar-refractivity contribution >= 4 is 5.69 Å². The second kappa shape index (κ2) is 6.19. The SMILES string of the molecule is CCNCc1cc(F)ccc1N1CCC(CC)C1. The molecule has 0 spiro atoms. The standard InChI is InChI=1S/C15H23FN2/c1-3-12-7-8-18(11-12)15-6-5-14(16)9-13(15)10-17-4-2/h5-6,9,12,17H,3-4,7-8,10-11H2,1-2H3. The van der Waals surface area contributed by atoms with Gasteiger partial charge >= 0.3 is 0 Å². The van der Waals surface area contributed by atoms with Crippen LogP contribution >= 0.6 is 0 Å². The Morgan fingerprint density at radius 3 is 2.89 bits per heavy atom. The van der Waals surface area contributed by atoms with Crippen molar-refractivity contribution in [2.45, 2.75) is 33.2 Å². The van der Waals surface area contributed by atoms with Gasteiger partial charge in [-0.3, -0.25) is 0 Å². The molecule has 0 saturated carbocycles. The lowest BCUT2D eigenvalue weighted by Crippen LogP contribution is -2.23. The Hall–Kier alpha value is -1.09. The van der Waals surface area contributed by atoms with Gasteiger partial charge in [0.05, 0.1) is 0 Å². The zero-order chi connectivity index (χ0) is 13.0. The molecule has 0 radical (unpaired) electrons. The Morgan fingerprint density at radius 1 is 1.39 bits per heavy atom. The molecule has 1 aromatic rings. The highest BCUT2D eigenvalue weighted by Gasteiger charge is 2.22. The van der Waals surface area contributed by atoms with Crippen molar-refractivity contribution < 1.29 is 4.39 Å². The maximum atomic E-state index is 13.4. The van der Waals surface area contributed by atoms with E-state index in [0.717, 1.165) is 37.7 Å². The number of nitrogens with one attached hydrogen (secondary N) is 1. The van der Waals surface area contributed by atoms with Gasteiger partial charge in [-0.25, -0.2) is 4.39 Å². The molecule has 1 fully saturated rings. The molecule has 1 atom stereocenters. The molecule has 2 nitrogen and oxygen atoms in total. The van der Waals surface area contributed by atoms with Crippen LogP contribution in [0.25, 0.3) is 0 Å². The van der Waals surface area contributed by atoms with E-state index in [0.29, 0.717) is 0 Å². The molecule has 1 aliphatic rings. The van der Waals surface area contributed by atoms with Crippen molar-refractivity contribution in [1.29, 1.82) is 0 Å². The van der Waals surface area contributed by atoms with Gasteiger partial charge in [0.25, 0.3) is 0 Å². The number of anilines is 1. The Kier molecular flexibility index (Phi) is 4.59. The van der Waals surface area contributed by atoms with Crippen molar-refractivity contribution in [2.75, 3.05) is 24.5 Å². The van der Waals surface area contributed by atoms with E-state index >= 15 is 0 Å². The number of nitrogens with zero attached hydrogens (tertiary/aromatic N) is 1. The van der Waals surface area contributed by atoms with Gasteiger partial charge in [0.15, 0.2) is 0 Å². The van der Waals surface area contributed by atoms with E-state index in [1.165, 1.54) is 18.5 Å². The third-order valence-electron chi connectivity index (χ3n) is 3.81. The molecule has 1 heterocycles. The van der Waals surface area contributed by atoms with Crippen LogP contribution in [0.2, 0.25) is 0 Å². The van der Waals surface area contributed by atoms with E-state index in [2.05, 4.69) is 24.1 Å². The van der Waals surface area contributed by atoms with E-state index < -0.39 is 0 Å². The molecule has 2 rings (SSSR count). The first-order chi connectivity index (χ1) is 8.74. The van der Waals surface area contributed by atoms with Gasteiger partial charge in [0.1, 0.15) is 5.82 Å². The van der Waals surface area contributed by atoms with Gasteiger partial charge in [0, 0.05) is 25.3 Å². The van der Waals surface area contributed by atoms with Crippen LogP contribution in [0.1, 0.15) is 32.3 Å². The second-order valence-electron chi connectivity index (χ2n) is 5.06. The molecule has 18 heavy (non-hydrogen) atoms. The minimum absolute atomic E-state index is 0.141. The summed E-state index contributed by atoms with van der Waals surface area (Å²) in [6.45, 7) is 8.19. The summed E-state index contributed by atoms with van der Waals surface area (Å²) in [6, 6.07) is 5.17. The van der Waals surface area contributed by atoms with Gasteiger partial charge < -0.3 is 10.2 Å². The summed E-state index contributed by atoms with van der Waals surface area (Å²) in [5.74, 6) is 0.653. The average Bonchev–Trinajstić information content (AvgIpc) is 2.85. The van der Waals surface area contributed by atoms with E-state index in [1.807, 2.05) is 6.07 Å². The normalized spacial score (nSPS) is 19.5. The highest BCUT2D eigenvalue weighted by Crippen LogP contribution is 2.28. The summed E-state index contributed by atoms with van der Waals surface area (Å²) in [5.41, 5.74) is 2.28. The third-order valence-corrected chi connectivity index (χ3v) is 3.81. The smallest absolute Gasteiger partial charge is 0.123 e. The maximum absolute atomic E-state index is 13.4. The number of hydrogen-bond donors (Lipinski definition) is 1. The molecule has 1 aromatic carbocycles. The predicted octanol–water partition coefficient (Wildman–Crippen LogP) is 3.17. The fourth-order valence-corrected chi connectivity index (χ4v) is 2.65. The van der Waals surface area contributed by atoms with Crippen molar-refractivity contribution in [3.63, 3.8) is 0 Å². The molecule has 1 saturated heterocycles. The van der Waals surface area contributed by atoms with Gasteiger partial charge in [-0.15, -0.1) is 0 Å². The van der Waals surface area contributed by atoms with E-state index in [-0.39, 0.29) is 5.82 Å². The summed E-state index contributed by atoms with van der Waals surface area (Å²) in [7, 11) is 0. The lowest BCUT2D eigenvalue weighted by atomic mass is 10.1. The molecule has 3 heteroatoms. The monoisotopic (exact) mass is 250 g/mol. The highest BCUT2D eigenvalue weighted by atomic mass is 19.1. The molecule has 1 N–H and O–H groups in total. The largest absolute Gasteiger partial charge is 0.371 e. The molecule has 1 unspecified atom stereocenters. The minimum atomic E-state index is -0.141. The summed E-state index contributed by atoms with van der Waals surface area (Å²) in [6.07, 6.45) is 2.49. The summed E-state index contributed by atoms with van der Waals surface area (Å²) in [4.78, 5) is 2.40. The minimum Gasteiger partial charge on any atom is -0.371 e. The van der Waals surface area contributed by atoms with Gasteiger partial charge in [-0.1, -0.05) is 20.3 Å². The summed E-state index contributed by atoms with van der Waals surface area (Å²) in [5, 5.41) is 3.29. The number of halogens is 1. The van der Waals surface area contributed by atoms with E-state index in [9.17, 15) is 4.39 Å². The zero-order valence-corrected chi connectivity index (χ0v) is 11.4. The first kappa shape index (κ1) is 13.3. The maximum Gasteiger partial charge on any atom is 0.123 e. The van der Waals surface area contributed by atoms with Crippen LogP contribution in [0.15, 0.2) is 18.2 Å². The van der Waals surface area contributed by atoms with Gasteiger partial charge in [0.2, 0.25) is 0 Å². The fraction of sp³-hybridized carbons (Fsp3) is 0.600. The summed E-state index contributed by atoms with van der Waals surface area (Å²) < 4.78 is 13.4. The van der Waals surface area contributed by atoms with Crippen LogP contribution in [0.5, 0.6) is 0 Å². The highest BCUT2D eigenvalue weighted by molar-refractivity contribution is 5.54. The van der Waals surface area contributed by atoms with Gasteiger partial charge in [-0.2, -0.15) is 0 Å².